The molecular weight excluding hydrogens is 365 g/mol. The second kappa shape index (κ2) is 7.54. The summed E-state index contributed by atoms with van der Waals surface area (Å²) in [5.74, 6) is 5.68. The highest BCUT2D eigenvalue weighted by Crippen LogP contribution is 2.21. The van der Waals surface area contributed by atoms with Crippen LogP contribution in [0, 0.1) is 5.82 Å². The number of nitrogens with two attached hydrogens (primary N) is 1. The smallest absolute Gasteiger partial charge is 0.315 e. The molecule has 128 valence electrons. The number of benzene rings is 2. The van der Waals surface area contributed by atoms with Crippen molar-refractivity contribution in [1.29, 1.82) is 0 Å². The fourth-order valence-corrected chi connectivity index (χ4v) is 2.91. The van der Waals surface area contributed by atoms with E-state index in [9.17, 15) is 9.18 Å². The second-order valence-corrected chi connectivity index (χ2v) is 6.41. The second-order valence-electron chi connectivity index (χ2n) is 5.03. The molecule has 0 amide bonds. The molecule has 0 aliphatic heterocycles. The molecule has 25 heavy (non-hydrogen) atoms. The highest BCUT2D eigenvalue weighted by molar-refractivity contribution is 7.98. The van der Waals surface area contributed by atoms with Crippen molar-refractivity contribution in [3.05, 3.63) is 75.3 Å². The first kappa shape index (κ1) is 17.2. The SMILES string of the molecule is Nn1c(SCc2ccc(Cl)cc2)nnc(Nc2ccccc2F)c1=O. The Bertz CT molecular complexity index is 948. The highest BCUT2D eigenvalue weighted by Gasteiger charge is 2.12. The standard InChI is InChI=1S/C16H13ClFN5OS/c17-11-7-5-10(6-8-11)9-25-16-22-21-14(15(24)23(16)19)20-13-4-2-1-3-12(13)18/h1-8H,9,19H2,(H,20,21). The molecule has 0 radical (unpaired) electrons. The van der Waals surface area contributed by atoms with E-state index in [1.165, 1.54) is 23.9 Å². The Morgan fingerprint density at radius 3 is 2.60 bits per heavy atom. The van der Waals surface area contributed by atoms with Gasteiger partial charge in [0.2, 0.25) is 11.0 Å². The van der Waals surface area contributed by atoms with E-state index in [0.717, 1.165) is 10.2 Å². The Morgan fingerprint density at radius 1 is 1.16 bits per heavy atom. The molecule has 0 saturated carbocycles. The number of rotatable bonds is 5. The molecule has 1 aromatic heterocycles. The lowest BCUT2D eigenvalue weighted by atomic mass is 10.2. The van der Waals surface area contributed by atoms with Crippen molar-refractivity contribution >= 4 is 34.9 Å². The summed E-state index contributed by atoms with van der Waals surface area (Å²) >= 11 is 7.10. The molecule has 0 unspecified atom stereocenters. The Balaban J connectivity index is 1.77. The molecule has 0 aliphatic carbocycles. The van der Waals surface area contributed by atoms with Crippen molar-refractivity contribution in [3.8, 4) is 0 Å². The molecule has 0 aliphatic rings. The van der Waals surface area contributed by atoms with Crippen LogP contribution in [0.25, 0.3) is 0 Å². The van der Waals surface area contributed by atoms with Gasteiger partial charge in [-0.05, 0) is 29.8 Å². The van der Waals surface area contributed by atoms with Crippen LogP contribution in [0.1, 0.15) is 5.56 Å². The van der Waals surface area contributed by atoms with Crippen LogP contribution >= 0.6 is 23.4 Å². The summed E-state index contributed by atoms with van der Waals surface area (Å²) in [5, 5.41) is 11.3. The van der Waals surface area contributed by atoms with Gasteiger partial charge in [0.25, 0.3) is 0 Å². The van der Waals surface area contributed by atoms with Gasteiger partial charge in [0.1, 0.15) is 5.82 Å². The molecule has 0 spiro atoms. The van der Waals surface area contributed by atoms with E-state index in [4.69, 9.17) is 17.4 Å². The number of anilines is 2. The summed E-state index contributed by atoms with van der Waals surface area (Å²) < 4.78 is 14.5. The van der Waals surface area contributed by atoms with Gasteiger partial charge in [-0.25, -0.2) is 4.39 Å². The fourth-order valence-electron chi connectivity index (χ4n) is 1.98. The summed E-state index contributed by atoms with van der Waals surface area (Å²) in [6, 6.07) is 13.2. The van der Waals surface area contributed by atoms with Crippen molar-refractivity contribution in [2.24, 2.45) is 0 Å². The summed E-state index contributed by atoms with van der Waals surface area (Å²) in [4.78, 5) is 12.3. The van der Waals surface area contributed by atoms with Crippen molar-refractivity contribution in [2.75, 3.05) is 11.2 Å². The zero-order valence-electron chi connectivity index (χ0n) is 12.8. The van der Waals surface area contributed by atoms with Crippen molar-refractivity contribution in [1.82, 2.24) is 14.9 Å². The topological polar surface area (TPSA) is 85.8 Å². The third kappa shape index (κ3) is 4.09. The molecule has 2 aromatic carbocycles. The van der Waals surface area contributed by atoms with Gasteiger partial charge in [-0.1, -0.05) is 47.6 Å². The molecule has 1 heterocycles. The highest BCUT2D eigenvalue weighted by atomic mass is 35.5. The van der Waals surface area contributed by atoms with Crippen LogP contribution in [0.3, 0.4) is 0 Å². The molecule has 0 atom stereocenters. The van der Waals surface area contributed by atoms with E-state index in [0.29, 0.717) is 10.8 Å². The fraction of sp³-hybridized carbons (Fsp3) is 0.0625. The zero-order valence-corrected chi connectivity index (χ0v) is 14.4. The number of thioether (sulfide) groups is 1. The monoisotopic (exact) mass is 377 g/mol. The number of nitrogens with one attached hydrogen (secondary N) is 1. The number of nitrogens with zero attached hydrogens (tertiary/aromatic N) is 3. The number of aromatic nitrogens is 3. The number of hydrogen-bond donors (Lipinski definition) is 2. The predicted molar refractivity (Wildman–Crippen MR) is 97.1 cm³/mol. The van der Waals surface area contributed by atoms with E-state index < -0.39 is 11.4 Å². The molecule has 0 saturated heterocycles. The quantitative estimate of drug-likeness (QED) is 0.524. The van der Waals surface area contributed by atoms with Crippen LogP contribution < -0.4 is 16.7 Å². The maximum atomic E-state index is 13.7. The maximum Gasteiger partial charge on any atom is 0.315 e. The first-order chi connectivity index (χ1) is 12.0. The molecule has 3 N–H and O–H groups in total. The molecule has 0 bridgehead atoms. The molecule has 3 rings (SSSR count). The van der Waals surface area contributed by atoms with Crippen LogP contribution in [0.4, 0.5) is 15.9 Å². The van der Waals surface area contributed by atoms with Crippen molar-refractivity contribution < 1.29 is 4.39 Å². The van der Waals surface area contributed by atoms with Gasteiger partial charge in [0, 0.05) is 10.8 Å². The van der Waals surface area contributed by atoms with Crippen LogP contribution in [0.5, 0.6) is 0 Å². The Kier molecular flexibility index (Phi) is 5.20. The van der Waals surface area contributed by atoms with E-state index in [-0.39, 0.29) is 16.7 Å². The zero-order chi connectivity index (χ0) is 17.8. The van der Waals surface area contributed by atoms with E-state index in [2.05, 4.69) is 15.5 Å². The average Bonchev–Trinajstić information content (AvgIpc) is 2.61. The van der Waals surface area contributed by atoms with Crippen molar-refractivity contribution in [2.45, 2.75) is 10.9 Å². The molecule has 6 nitrogen and oxygen atoms in total. The van der Waals surface area contributed by atoms with Gasteiger partial charge in [0.15, 0.2) is 0 Å². The third-order valence-electron chi connectivity index (χ3n) is 3.27. The lowest BCUT2D eigenvalue weighted by Crippen LogP contribution is -2.32. The largest absolute Gasteiger partial charge is 0.334 e. The minimum Gasteiger partial charge on any atom is -0.334 e. The molecular formula is C16H13ClFN5OS. The Labute approximate surface area is 151 Å². The maximum absolute atomic E-state index is 13.7. The van der Waals surface area contributed by atoms with Crippen LogP contribution in [-0.4, -0.2) is 14.9 Å². The Morgan fingerprint density at radius 2 is 1.88 bits per heavy atom. The van der Waals surface area contributed by atoms with Gasteiger partial charge >= 0.3 is 5.56 Å². The van der Waals surface area contributed by atoms with Crippen LogP contribution in [0.15, 0.2) is 58.5 Å². The van der Waals surface area contributed by atoms with E-state index in [1.54, 1.807) is 24.3 Å². The number of para-hydroxylation sites is 1. The summed E-state index contributed by atoms with van der Waals surface area (Å²) in [6.07, 6.45) is 0. The lowest BCUT2D eigenvalue weighted by Gasteiger charge is -2.09. The Hall–Kier alpha value is -2.58. The number of nitrogen functional groups attached to an aromatic ring is 1. The van der Waals surface area contributed by atoms with Gasteiger partial charge in [-0.3, -0.25) is 4.79 Å². The molecule has 9 heteroatoms. The summed E-state index contributed by atoms with van der Waals surface area (Å²) in [5.41, 5.74) is 0.518. The van der Waals surface area contributed by atoms with Gasteiger partial charge in [0.05, 0.1) is 5.69 Å². The minimum absolute atomic E-state index is 0.121. The van der Waals surface area contributed by atoms with Crippen LogP contribution in [0.2, 0.25) is 5.02 Å². The number of halogens is 2. The predicted octanol–water partition coefficient (Wildman–Crippen LogP) is 3.18. The first-order valence-electron chi connectivity index (χ1n) is 7.18. The molecule has 0 fully saturated rings. The van der Waals surface area contributed by atoms with Gasteiger partial charge in [-0.2, -0.15) is 4.68 Å². The van der Waals surface area contributed by atoms with Crippen LogP contribution in [-0.2, 0) is 5.75 Å². The van der Waals surface area contributed by atoms with E-state index in [1.807, 2.05) is 12.1 Å². The molecule has 3 aromatic rings. The first-order valence-corrected chi connectivity index (χ1v) is 8.54. The average molecular weight is 378 g/mol. The third-order valence-corrected chi connectivity index (χ3v) is 4.54. The number of hydrogen-bond acceptors (Lipinski definition) is 6. The van der Waals surface area contributed by atoms with E-state index >= 15 is 0 Å². The summed E-state index contributed by atoms with van der Waals surface area (Å²) in [7, 11) is 0. The normalized spacial score (nSPS) is 10.6. The lowest BCUT2D eigenvalue weighted by molar-refractivity contribution is 0.631. The summed E-state index contributed by atoms with van der Waals surface area (Å²) in [6.45, 7) is 0. The van der Waals surface area contributed by atoms with Gasteiger partial charge in [-0.15, -0.1) is 10.2 Å². The minimum atomic E-state index is -0.600. The van der Waals surface area contributed by atoms with Crippen molar-refractivity contribution in [3.63, 3.8) is 0 Å². The van der Waals surface area contributed by atoms with Gasteiger partial charge < -0.3 is 11.2 Å².